The molecule has 0 radical (unpaired) electrons. The van der Waals surface area contributed by atoms with Crippen molar-refractivity contribution in [3.63, 3.8) is 0 Å². The molecule has 0 fully saturated rings. The minimum absolute atomic E-state index is 0.247. The molecule has 0 unspecified atom stereocenters. The SMILES string of the molecule is N#COCc1cccc(COC#N)c1. The quantitative estimate of drug-likeness (QED) is 0.674. The van der Waals surface area contributed by atoms with Crippen molar-refractivity contribution in [1.82, 2.24) is 0 Å². The van der Waals surface area contributed by atoms with Gasteiger partial charge < -0.3 is 9.47 Å². The van der Waals surface area contributed by atoms with Crippen LogP contribution < -0.4 is 0 Å². The second-order valence-electron chi connectivity index (χ2n) is 2.58. The first kappa shape index (κ1) is 9.88. The molecule has 0 aliphatic rings. The van der Waals surface area contributed by atoms with Crippen molar-refractivity contribution in [2.45, 2.75) is 13.2 Å². The van der Waals surface area contributed by atoms with Crippen LogP contribution in [-0.4, -0.2) is 0 Å². The number of nitrogens with zero attached hydrogens (tertiary/aromatic N) is 2. The van der Waals surface area contributed by atoms with E-state index in [9.17, 15) is 0 Å². The van der Waals surface area contributed by atoms with Crippen molar-refractivity contribution < 1.29 is 9.47 Å². The maximum atomic E-state index is 8.20. The number of ether oxygens (including phenoxy) is 2. The molecule has 0 aliphatic heterocycles. The fourth-order valence-corrected chi connectivity index (χ4v) is 1.04. The van der Waals surface area contributed by atoms with Crippen LogP contribution in [0.5, 0.6) is 0 Å². The second kappa shape index (κ2) is 5.45. The molecule has 0 saturated heterocycles. The lowest BCUT2D eigenvalue weighted by atomic mass is 10.1. The molecule has 0 atom stereocenters. The molecule has 4 heteroatoms. The number of nitriles is 2. The van der Waals surface area contributed by atoms with Crippen molar-refractivity contribution in [3.05, 3.63) is 35.4 Å². The molecule has 1 aromatic rings. The molecule has 0 spiro atoms. The van der Waals surface area contributed by atoms with Gasteiger partial charge >= 0.3 is 0 Å². The Kier molecular flexibility index (Phi) is 3.85. The zero-order valence-corrected chi connectivity index (χ0v) is 7.43. The number of hydrogen-bond acceptors (Lipinski definition) is 4. The predicted octanol–water partition coefficient (Wildman–Crippen LogP) is 1.68. The van der Waals surface area contributed by atoms with Gasteiger partial charge in [-0.15, -0.1) is 0 Å². The van der Waals surface area contributed by atoms with Crippen LogP contribution in [0, 0.1) is 23.0 Å². The molecule has 14 heavy (non-hydrogen) atoms. The highest BCUT2D eigenvalue weighted by molar-refractivity contribution is 5.22. The highest BCUT2D eigenvalue weighted by atomic mass is 16.5. The van der Waals surface area contributed by atoms with Gasteiger partial charge in [-0.2, -0.15) is 10.5 Å². The van der Waals surface area contributed by atoms with Crippen LogP contribution in [-0.2, 0) is 22.7 Å². The van der Waals surface area contributed by atoms with Gasteiger partial charge in [0.15, 0.2) is 0 Å². The Balaban J connectivity index is 2.61. The predicted molar refractivity (Wildman–Crippen MR) is 47.2 cm³/mol. The van der Waals surface area contributed by atoms with Gasteiger partial charge in [0.25, 0.3) is 12.5 Å². The molecule has 0 aromatic heterocycles. The third-order valence-corrected chi connectivity index (χ3v) is 1.60. The van der Waals surface area contributed by atoms with Gasteiger partial charge in [-0.1, -0.05) is 18.2 Å². The molecule has 0 amide bonds. The Hall–Kier alpha value is -2.20. The summed E-state index contributed by atoms with van der Waals surface area (Å²) in [6, 6.07) is 7.33. The van der Waals surface area contributed by atoms with Crippen molar-refractivity contribution in [2.24, 2.45) is 0 Å². The lowest BCUT2D eigenvalue weighted by Gasteiger charge is -2.01. The zero-order valence-electron chi connectivity index (χ0n) is 7.43. The number of rotatable bonds is 4. The van der Waals surface area contributed by atoms with Gasteiger partial charge in [0.1, 0.15) is 13.2 Å². The molecule has 70 valence electrons. The fourth-order valence-electron chi connectivity index (χ4n) is 1.04. The van der Waals surface area contributed by atoms with E-state index >= 15 is 0 Å². The Morgan fingerprint density at radius 2 is 1.50 bits per heavy atom. The van der Waals surface area contributed by atoms with Crippen molar-refractivity contribution in [2.75, 3.05) is 0 Å². The third kappa shape index (κ3) is 3.04. The lowest BCUT2D eigenvalue weighted by molar-refractivity contribution is 0.252. The largest absolute Gasteiger partial charge is 0.423 e. The van der Waals surface area contributed by atoms with E-state index in [1.165, 1.54) is 0 Å². The van der Waals surface area contributed by atoms with Crippen LogP contribution in [0.15, 0.2) is 24.3 Å². The van der Waals surface area contributed by atoms with Crippen LogP contribution >= 0.6 is 0 Å². The van der Waals surface area contributed by atoms with Crippen LogP contribution in [0.4, 0.5) is 0 Å². The standard InChI is InChI=1S/C10H8N2O2/c11-7-13-5-9-2-1-3-10(4-9)6-14-8-12/h1-4H,5-6H2. The first-order valence-corrected chi connectivity index (χ1v) is 3.96. The van der Waals surface area contributed by atoms with E-state index in [4.69, 9.17) is 10.5 Å². The van der Waals surface area contributed by atoms with E-state index < -0.39 is 0 Å². The van der Waals surface area contributed by atoms with Gasteiger partial charge in [0, 0.05) is 0 Å². The minimum Gasteiger partial charge on any atom is -0.423 e. The first-order valence-electron chi connectivity index (χ1n) is 3.96. The van der Waals surface area contributed by atoms with E-state index in [-0.39, 0.29) is 13.2 Å². The third-order valence-electron chi connectivity index (χ3n) is 1.60. The van der Waals surface area contributed by atoms with Crippen molar-refractivity contribution in [3.8, 4) is 12.5 Å². The number of benzene rings is 1. The molecular formula is C10H8N2O2. The van der Waals surface area contributed by atoms with Gasteiger partial charge in [-0.25, -0.2) is 0 Å². The molecular weight excluding hydrogens is 180 g/mol. The van der Waals surface area contributed by atoms with Crippen molar-refractivity contribution in [1.29, 1.82) is 10.5 Å². The lowest BCUT2D eigenvalue weighted by Crippen LogP contribution is -1.91. The van der Waals surface area contributed by atoms with Gasteiger partial charge in [-0.3, -0.25) is 0 Å². The van der Waals surface area contributed by atoms with Crippen LogP contribution in [0.3, 0.4) is 0 Å². The normalized spacial score (nSPS) is 8.43. The van der Waals surface area contributed by atoms with Crippen LogP contribution in [0.25, 0.3) is 0 Å². The Labute approximate surface area is 81.9 Å². The Morgan fingerprint density at radius 3 is 1.93 bits per heavy atom. The summed E-state index contributed by atoms with van der Waals surface area (Å²) in [5.74, 6) is 0. The molecule has 1 rings (SSSR count). The van der Waals surface area contributed by atoms with Gasteiger partial charge in [0.05, 0.1) is 0 Å². The van der Waals surface area contributed by atoms with E-state index in [0.29, 0.717) is 0 Å². The van der Waals surface area contributed by atoms with Crippen LogP contribution in [0.1, 0.15) is 11.1 Å². The summed E-state index contributed by atoms with van der Waals surface area (Å²) >= 11 is 0. The average molecular weight is 188 g/mol. The van der Waals surface area contributed by atoms with E-state index in [1.54, 1.807) is 12.5 Å². The van der Waals surface area contributed by atoms with E-state index in [1.807, 2.05) is 24.3 Å². The summed E-state index contributed by atoms with van der Waals surface area (Å²) in [5.41, 5.74) is 1.76. The summed E-state index contributed by atoms with van der Waals surface area (Å²) in [6.07, 6.45) is 3.19. The fraction of sp³-hybridized carbons (Fsp3) is 0.200. The topological polar surface area (TPSA) is 66.0 Å². The molecule has 0 saturated carbocycles. The Bertz CT molecular complexity index is 343. The molecule has 0 N–H and O–H groups in total. The minimum atomic E-state index is 0.247. The number of hydrogen-bond donors (Lipinski definition) is 0. The highest BCUT2D eigenvalue weighted by Gasteiger charge is 1.96. The first-order chi connectivity index (χ1) is 6.86. The highest BCUT2D eigenvalue weighted by Crippen LogP contribution is 2.07. The summed E-state index contributed by atoms with van der Waals surface area (Å²) in [7, 11) is 0. The van der Waals surface area contributed by atoms with Crippen molar-refractivity contribution >= 4 is 0 Å². The smallest absolute Gasteiger partial charge is 0.286 e. The summed E-state index contributed by atoms with van der Waals surface area (Å²) in [5, 5.41) is 16.4. The summed E-state index contributed by atoms with van der Waals surface area (Å²) in [6.45, 7) is 0.494. The molecule has 0 aliphatic carbocycles. The zero-order chi connectivity index (χ0) is 10.2. The Morgan fingerprint density at radius 1 is 1.00 bits per heavy atom. The molecule has 0 bridgehead atoms. The maximum absolute atomic E-state index is 8.20. The summed E-state index contributed by atoms with van der Waals surface area (Å²) < 4.78 is 9.16. The van der Waals surface area contributed by atoms with Crippen LogP contribution in [0.2, 0.25) is 0 Å². The molecule has 1 aromatic carbocycles. The van der Waals surface area contributed by atoms with Gasteiger partial charge in [0.2, 0.25) is 0 Å². The van der Waals surface area contributed by atoms with E-state index in [2.05, 4.69) is 9.47 Å². The average Bonchev–Trinajstić information content (AvgIpc) is 2.24. The maximum Gasteiger partial charge on any atom is 0.286 e. The van der Waals surface area contributed by atoms with E-state index in [0.717, 1.165) is 11.1 Å². The second-order valence-corrected chi connectivity index (χ2v) is 2.58. The monoisotopic (exact) mass is 188 g/mol. The molecule has 4 nitrogen and oxygen atoms in total. The summed E-state index contributed by atoms with van der Waals surface area (Å²) in [4.78, 5) is 0. The molecule has 0 heterocycles. The van der Waals surface area contributed by atoms with Gasteiger partial charge in [-0.05, 0) is 17.2 Å².